The summed E-state index contributed by atoms with van der Waals surface area (Å²) in [4.78, 5) is 194. The molecule has 30 heteroatoms. The Morgan fingerprint density at radius 2 is 1.35 bits per heavy atom. The maximum atomic E-state index is 15.8. The SMILES string of the molecule is CCO[C@@H]1C[C@H]2C(=O)NC3(CC(C)(C)C3)C(=O)N(C)[C@@H](C3CCCC3)C(=O)N(C)[C@H](C(=O)N(C)CC)CC(=O)N(C)[C@@H](COC)C(=O)N[C@@H]([C@@H](C)CC)C(=O)N(C)CC(=O)N(C)[C@H]3C/C=C\CCN(C3=O)[C@@H](CC3CCC(C)CC3)C(=O)N(C)CC(=O)N[C@@H](CCC3CCC(C(F)(F)F)C(Cl)C3)C(=O)N2C1. The van der Waals surface area contributed by atoms with Crippen LogP contribution in [-0.2, 0) is 67.0 Å². The number of nitrogens with zero attached hydrogens (tertiary/aromatic N) is 9. The van der Waals surface area contributed by atoms with Crippen molar-refractivity contribution in [2.24, 2.45) is 40.9 Å². The molecule has 26 nitrogen and oxygen atoms in total. The van der Waals surface area contributed by atoms with E-state index in [9.17, 15) is 41.9 Å². The van der Waals surface area contributed by atoms with Crippen molar-refractivity contribution in [2.75, 3.05) is 102 Å². The molecule has 2 saturated heterocycles. The topological polar surface area (TPSA) is 289 Å². The highest BCUT2D eigenvalue weighted by atomic mass is 35.5. The van der Waals surface area contributed by atoms with Crippen molar-refractivity contribution in [3.05, 3.63) is 12.2 Å². The number of hydrogen-bond acceptors (Lipinski definition) is 14. The van der Waals surface area contributed by atoms with Gasteiger partial charge in [-0.05, 0) is 126 Å². The fourth-order valence-electron chi connectivity index (χ4n) is 17.5. The lowest BCUT2D eigenvalue weighted by Crippen LogP contribution is -2.71. The van der Waals surface area contributed by atoms with Crippen LogP contribution in [0.1, 0.15) is 183 Å². The van der Waals surface area contributed by atoms with Crippen LogP contribution in [0.5, 0.6) is 0 Å². The minimum absolute atomic E-state index is 0.0124. The molecule has 13 atom stereocenters. The van der Waals surface area contributed by atoms with Crippen molar-refractivity contribution in [3.8, 4) is 0 Å². The van der Waals surface area contributed by atoms with Gasteiger partial charge in [-0.15, -0.1) is 11.6 Å². The maximum Gasteiger partial charge on any atom is 0.393 e. The lowest BCUT2D eigenvalue weighted by molar-refractivity contribution is -0.182. The number of carbonyl (C=O) groups is 12. The van der Waals surface area contributed by atoms with Gasteiger partial charge in [0.05, 0.1) is 38.1 Å². The van der Waals surface area contributed by atoms with E-state index in [0.29, 0.717) is 44.4 Å². The Morgan fingerprint density at radius 3 is 1.94 bits per heavy atom. The summed E-state index contributed by atoms with van der Waals surface area (Å²) < 4.78 is 54.1. The molecule has 7 aliphatic rings. The van der Waals surface area contributed by atoms with Gasteiger partial charge in [-0.25, -0.2) is 0 Å². The molecule has 0 aromatic rings. The summed E-state index contributed by atoms with van der Waals surface area (Å²) in [5, 5.41) is 7.53. The van der Waals surface area contributed by atoms with Crippen LogP contribution < -0.4 is 16.0 Å². The number of hydrogen-bond donors (Lipinski definition) is 3. The van der Waals surface area contributed by atoms with Crippen LogP contribution in [0.25, 0.3) is 0 Å². The molecule has 4 aliphatic carbocycles. The van der Waals surface area contributed by atoms with Crippen LogP contribution in [0.4, 0.5) is 13.2 Å². The van der Waals surface area contributed by atoms with Crippen molar-refractivity contribution in [1.29, 1.82) is 0 Å². The van der Waals surface area contributed by atoms with Crippen LogP contribution in [0.2, 0.25) is 0 Å². The third kappa shape index (κ3) is 21.0. The zero-order valence-corrected chi connectivity index (χ0v) is 66.2. The molecule has 3 aliphatic heterocycles. The van der Waals surface area contributed by atoms with Gasteiger partial charge in [-0.3, -0.25) is 57.5 Å². The Morgan fingerprint density at radius 1 is 0.708 bits per heavy atom. The maximum absolute atomic E-state index is 15.8. The molecule has 3 N–H and O–H groups in total. The van der Waals surface area contributed by atoms with Gasteiger partial charge < -0.3 is 69.5 Å². The number of fused-ring (bicyclic) bond motifs is 3. The Hall–Kier alpha value is -6.62. The molecule has 6 fully saturated rings. The number of nitrogens with one attached hydrogen (secondary N) is 3. The molecule has 0 aromatic heterocycles. The number of carbonyl (C=O) groups excluding carboxylic acids is 12. The molecule has 3 unspecified atom stereocenters. The molecule has 4 saturated carbocycles. The van der Waals surface area contributed by atoms with E-state index >= 15 is 28.8 Å². The van der Waals surface area contributed by atoms with Gasteiger partial charge >= 0.3 is 6.18 Å². The first-order valence-corrected chi connectivity index (χ1v) is 39.1. The summed E-state index contributed by atoms with van der Waals surface area (Å²) in [6.07, 6.45) is 4.46. The highest BCUT2D eigenvalue weighted by Crippen LogP contribution is 2.50. The predicted octanol–water partition coefficient (Wildman–Crippen LogP) is 5.76. The van der Waals surface area contributed by atoms with Crippen molar-refractivity contribution in [1.82, 2.24) is 60.0 Å². The normalized spacial score (nSPS) is 31.9. The number of methoxy groups -OCH3 is 1. The van der Waals surface area contributed by atoms with Gasteiger partial charge in [0.25, 0.3) is 0 Å². The summed E-state index contributed by atoms with van der Waals surface area (Å²) >= 11 is 6.47. The van der Waals surface area contributed by atoms with E-state index in [1.54, 1.807) is 26.8 Å². The monoisotopic (exact) mass is 1520 g/mol. The Bertz CT molecular complexity index is 3160. The Kier molecular flexibility index (Phi) is 30.8. The number of likely N-dealkylation sites (N-methyl/N-ethyl adjacent to an activating group) is 7. The first kappa shape index (κ1) is 86.6. The zero-order valence-electron chi connectivity index (χ0n) is 65.4. The van der Waals surface area contributed by atoms with E-state index in [2.05, 4.69) is 22.9 Å². The molecule has 0 aromatic carbocycles. The van der Waals surface area contributed by atoms with Gasteiger partial charge in [0.1, 0.15) is 53.9 Å². The highest BCUT2D eigenvalue weighted by molar-refractivity contribution is 6.21. The summed E-state index contributed by atoms with van der Waals surface area (Å²) in [6, 6.07) is -10.5. The number of halogens is 4. The zero-order chi connectivity index (χ0) is 78.6. The summed E-state index contributed by atoms with van der Waals surface area (Å²) in [7, 11) is 11.3. The van der Waals surface area contributed by atoms with Crippen molar-refractivity contribution >= 4 is 82.5 Å². The number of alkyl halides is 4. The third-order valence-corrected chi connectivity index (χ3v) is 24.6. The van der Waals surface area contributed by atoms with E-state index in [4.69, 9.17) is 21.1 Å². The van der Waals surface area contributed by atoms with Gasteiger partial charge in [-0.1, -0.05) is 91.7 Å². The molecule has 3 heterocycles. The number of rotatable bonds is 14. The minimum Gasteiger partial charge on any atom is -0.382 e. The molecule has 598 valence electrons. The van der Waals surface area contributed by atoms with Crippen LogP contribution >= 0.6 is 11.6 Å². The van der Waals surface area contributed by atoms with E-state index in [-0.39, 0.29) is 103 Å². The van der Waals surface area contributed by atoms with Gasteiger partial charge in [-0.2, -0.15) is 13.2 Å². The summed E-state index contributed by atoms with van der Waals surface area (Å²) in [5.74, 6) is -10.9. The standard InChI is InChI=1S/C76H122ClF3N12O14/c1-16-47(5)63-71(102)86(10)42-62(95)87(11)55-26-20-19-23-35-91(70(55)101)58(37-49-29-27-46(4)28-30-49)69(100)85(9)41-60(93)81-54(34-32-48-31-33-52(53(77)36-48)76(78,79)80)67(98)92-40-51(106-18-3)38-56(92)66(97)83-75(44-74(6,7)45-75)73(104)90(14)64(50-24-21-22-25-50)72(103)89(13)57(68(99)84(8)17-2)39-61(94)88(12)59(43-105-15)65(96)82-63/h19-20,46-59,63-64H,16-18,21-45H2,1-15H3,(H,81,93)(H,82,96)(H,83,97)/b20-19-/t46?,47-,48?,49?,51+,52?,53?,54-,55-,56-,57-,58-,59-,63-,64-/m0/s1. The van der Waals surface area contributed by atoms with E-state index in [0.717, 1.165) is 35.5 Å². The van der Waals surface area contributed by atoms with Crippen molar-refractivity contribution in [3.63, 3.8) is 0 Å². The highest BCUT2D eigenvalue weighted by Gasteiger charge is 2.59. The van der Waals surface area contributed by atoms with E-state index in [1.807, 2.05) is 26.8 Å². The third-order valence-electron chi connectivity index (χ3n) is 24.2. The molecule has 12 amide bonds. The average Bonchev–Trinajstić information content (AvgIpc) is 0.915. The summed E-state index contributed by atoms with van der Waals surface area (Å²) in [6.45, 7) is 11.7. The quantitative estimate of drug-likeness (QED) is 0.138. The minimum atomic E-state index is -4.53. The van der Waals surface area contributed by atoms with Crippen LogP contribution in [0.15, 0.2) is 12.2 Å². The molecule has 106 heavy (non-hydrogen) atoms. The fourth-order valence-corrected chi connectivity index (χ4v) is 18.0. The number of ether oxygens (including phenoxy) is 2. The first-order valence-electron chi connectivity index (χ1n) is 38.6. The second kappa shape index (κ2) is 37.7. The van der Waals surface area contributed by atoms with Gasteiger partial charge in [0, 0.05) is 94.5 Å². The predicted molar refractivity (Wildman–Crippen MR) is 391 cm³/mol. The van der Waals surface area contributed by atoms with E-state index < -0.39 is 191 Å². The molecule has 1 spiro atoms. The first-order chi connectivity index (χ1) is 49.8. The van der Waals surface area contributed by atoms with Crippen molar-refractivity contribution < 1.29 is 80.2 Å². The lowest BCUT2D eigenvalue weighted by atomic mass is 9.58. The Labute approximate surface area is 630 Å². The van der Waals surface area contributed by atoms with Crippen LogP contribution in [-0.4, -0.2) is 289 Å². The van der Waals surface area contributed by atoms with Gasteiger partial charge in [0.15, 0.2) is 0 Å². The molecule has 7 rings (SSSR count). The average molecular weight is 1520 g/mol. The summed E-state index contributed by atoms with van der Waals surface area (Å²) in [5.41, 5.74) is -2.19. The van der Waals surface area contributed by atoms with Crippen molar-refractivity contribution in [2.45, 2.75) is 255 Å². The van der Waals surface area contributed by atoms with E-state index in [1.165, 1.54) is 90.7 Å². The Balaban J connectivity index is 1.33. The van der Waals surface area contributed by atoms with Gasteiger partial charge in [0.2, 0.25) is 70.9 Å². The largest absolute Gasteiger partial charge is 0.393 e. The fraction of sp³-hybridized carbons (Fsp3) is 0.816. The molecular formula is C76H122ClF3N12O14. The molecule has 0 radical (unpaired) electrons. The van der Waals surface area contributed by atoms with Crippen LogP contribution in [0, 0.1) is 40.9 Å². The lowest BCUT2D eigenvalue weighted by Gasteiger charge is -2.54. The second-order valence-corrected chi connectivity index (χ2v) is 33.1. The number of amides is 12. The second-order valence-electron chi connectivity index (χ2n) is 32.5. The molecular weight excluding hydrogens is 1400 g/mol. The smallest absolute Gasteiger partial charge is 0.382 e. The molecule has 2 bridgehead atoms. The van der Waals surface area contributed by atoms with Crippen LogP contribution in [0.3, 0.4) is 0 Å².